The molecule has 0 atom stereocenters. The molecule has 0 spiro atoms. The lowest BCUT2D eigenvalue weighted by Gasteiger charge is -2.30. The zero-order valence-corrected chi connectivity index (χ0v) is 14.5. The van der Waals surface area contributed by atoms with E-state index in [1.165, 1.54) is 10.4 Å². The monoisotopic (exact) mass is 380 g/mol. The van der Waals surface area contributed by atoms with Gasteiger partial charge in [0.15, 0.2) is 0 Å². The molecule has 0 saturated carbocycles. The van der Waals surface area contributed by atoms with E-state index in [2.05, 4.69) is 0 Å². The minimum Gasteiger partial charge on any atom is -0.399 e. The lowest BCUT2D eigenvalue weighted by Crippen LogP contribution is -2.35. The largest absolute Gasteiger partial charge is 0.399 e. The molecule has 0 saturated heterocycles. The Labute approximate surface area is 140 Å². The van der Waals surface area contributed by atoms with E-state index in [9.17, 15) is 8.42 Å². The summed E-state index contributed by atoms with van der Waals surface area (Å²) in [5.41, 5.74) is 6.89. The summed E-state index contributed by atoms with van der Waals surface area (Å²) < 4.78 is 27.5. The first-order chi connectivity index (χ1) is 9.89. The third-order valence-corrected chi connectivity index (χ3v) is 7.61. The Kier molecular flexibility index (Phi) is 4.04. The molecule has 0 radical (unpaired) electrons. The van der Waals surface area contributed by atoms with Crippen LogP contribution in [0.1, 0.15) is 0 Å². The van der Waals surface area contributed by atoms with Gasteiger partial charge in [-0.1, -0.05) is 23.2 Å². The smallest absolute Gasteiger partial charge is 0.266 e. The van der Waals surface area contributed by atoms with E-state index in [0.29, 0.717) is 28.0 Å². The van der Waals surface area contributed by atoms with Gasteiger partial charge in [-0.05, 0) is 24.3 Å². The maximum Gasteiger partial charge on any atom is 0.266 e. The van der Waals surface area contributed by atoms with Crippen LogP contribution in [0.2, 0.25) is 8.67 Å². The highest BCUT2D eigenvalue weighted by Gasteiger charge is 2.32. The molecule has 21 heavy (non-hydrogen) atoms. The Hall–Kier alpha value is -0.600. The first-order valence-electron chi connectivity index (χ1n) is 5.89. The van der Waals surface area contributed by atoms with Crippen LogP contribution in [0.4, 0.5) is 11.4 Å². The van der Waals surface area contributed by atoms with Crippen molar-refractivity contribution in [1.29, 1.82) is 0 Å². The fourth-order valence-electron chi connectivity index (χ4n) is 2.08. The molecular formula is C12H10Cl2N2O2S3. The number of hydrogen-bond donors (Lipinski definition) is 1. The van der Waals surface area contributed by atoms with Crippen molar-refractivity contribution in [1.82, 2.24) is 0 Å². The summed E-state index contributed by atoms with van der Waals surface area (Å²) in [6.45, 7) is 0.368. The maximum atomic E-state index is 12.8. The maximum absolute atomic E-state index is 12.8. The second-order valence-corrected chi connectivity index (χ2v) is 9.59. The van der Waals surface area contributed by atoms with Crippen LogP contribution in [0.5, 0.6) is 0 Å². The molecule has 3 rings (SSSR count). The summed E-state index contributed by atoms with van der Waals surface area (Å²) in [7, 11) is -3.74. The molecular weight excluding hydrogens is 371 g/mol. The fourth-order valence-corrected chi connectivity index (χ4v) is 6.82. The summed E-state index contributed by atoms with van der Waals surface area (Å²) in [5.74, 6) is 0.672. The second kappa shape index (κ2) is 5.55. The molecule has 4 nitrogen and oxygen atoms in total. The Morgan fingerprint density at radius 3 is 2.67 bits per heavy atom. The topological polar surface area (TPSA) is 63.4 Å². The van der Waals surface area contributed by atoms with Gasteiger partial charge in [0.1, 0.15) is 9.23 Å². The number of halogens is 2. The van der Waals surface area contributed by atoms with Crippen molar-refractivity contribution in [3.63, 3.8) is 0 Å². The Bertz CT molecular complexity index is 805. The molecule has 0 unspecified atom stereocenters. The first kappa shape index (κ1) is 15.3. The van der Waals surface area contributed by atoms with Crippen LogP contribution in [-0.4, -0.2) is 20.7 Å². The van der Waals surface area contributed by atoms with Crippen LogP contribution < -0.4 is 10.0 Å². The predicted molar refractivity (Wildman–Crippen MR) is 90.4 cm³/mol. The number of rotatable bonds is 2. The van der Waals surface area contributed by atoms with E-state index in [0.717, 1.165) is 16.2 Å². The summed E-state index contributed by atoms with van der Waals surface area (Å²) in [6.07, 6.45) is 0. The lowest BCUT2D eigenvalue weighted by molar-refractivity contribution is 0.592. The number of fused-ring (bicyclic) bond motifs is 1. The SMILES string of the molecule is Nc1ccc2c(c1)N(S(=O)(=O)c1cc(Cl)sc1Cl)CCS2. The van der Waals surface area contributed by atoms with Crippen LogP contribution in [0.25, 0.3) is 0 Å². The minimum absolute atomic E-state index is 0.0411. The molecule has 2 heterocycles. The summed E-state index contributed by atoms with van der Waals surface area (Å²) in [6, 6.07) is 6.65. The van der Waals surface area contributed by atoms with Crippen LogP contribution in [-0.2, 0) is 10.0 Å². The van der Waals surface area contributed by atoms with E-state index in [1.54, 1.807) is 23.9 Å². The number of thiophene rings is 1. The number of benzene rings is 1. The van der Waals surface area contributed by atoms with E-state index >= 15 is 0 Å². The number of nitrogens with two attached hydrogens (primary N) is 1. The standard InChI is InChI=1S/C12H10Cl2N2O2S3/c13-11-6-10(12(14)20-11)21(17,18)16-3-4-19-9-2-1-7(15)5-8(9)16/h1-2,5-6H,3-4,15H2. The van der Waals surface area contributed by atoms with Crippen LogP contribution in [0, 0.1) is 0 Å². The summed E-state index contributed by atoms with van der Waals surface area (Å²) in [4.78, 5) is 0.927. The van der Waals surface area contributed by atoms with Crippen molar-refractivity contribution in [3.05, 3.63) is 32.9 Å². The number of nitrogens with zero attached hydrogens (tertiary/aromatic N) is 1. The molecule has 0 fully saturated rings. The predicted octanol–water partition coefficient (Wildman–Crippen LogP) is 3.94. The molecule has 0 aliphatic carbocycles. The third kappa shape index (κ3) is 2.73. The Balaban J connectivity index is 2.14. The summed E-state index contributed by atoms with van der Waals surface area (Å²) >= 11 is 14.5. The van der Waals surface area contributed by atoms with Gasteiger partial charge in [-0.3, -0.25) is 4.31 Å². The molecule has 0 amide bonds. The number of anilines is 2. The van der Waals surface area contributed by atoms with Gasteiger partial charge >= 0.3 is 0 Å². The van der Waals surface area contributed by atoms with Gasteiger partial charge in [-0.15, -0.1) is 23.1 Å². The van der Waals surface area contributed by atoms with E-state index in [4.69, 9.17) is 28.9 Å². The first-order valence-corrected chi connectivity index (χ1v) is 9.89. The van der Waals surface area contributed by atoms with Crippen molar-refractivity contribution in [3.8, 4) is 0 Å². The van der Waals surface area contributed by atoms with Crippen molar-refractivity contribution in [2.45, 2.75) is 9.79 Å². The zero-order chi connectivity index (χ0) is 15.2. The van der Waals surface area contributed by atoms with Gasteiger partial charge < -0.3 is 5.73 Å². The normalized spacial score (nSPS) is 15.0. The van der Waals surface area contributed by atoms with E-state index in [1.807, 2.05) is 6.07 Å². The molecule has 1 aromatic heterocycles. The van der Waals surface area contributed by atoms with Gasteiger partial charge in [0, 0.05) is 22.9 Å². The molecule has 112 valence electrons. The number of thioether (sulfide) groups is 1. The fraction of sp³-hybridized carbons (Fsp3) is 0.167. The van der Waals surface area contributed by atoms with Gasteiger partial charge in [0.25, 0.3) is 10.0 Å². The third-order valence-electron chi connectivity index (χ3n) is 3.00. The second-order valence-electron chi connectivity index (χ2n) is 4.34. The van der Waals surface area contributed by atoms with Gasteiger partial charge in [0.05, 0.1) is 10.0 Å². The van der Waals surface area contributed by atoms with Crippen molar-refractivity contribution < 1.29 is 8.42 Å². The van der Waals surface area contributed by atoms with Gasteiger partial charge in [-0.2, -0.15) is 0 Å². The van der Waals surface area contributed by atoms with Crippen molar-refractivity contribution >= 4 is 67.7 Å². The van der Waals surface area contributed by atoms with Crippen LogP contribution in [0.15, 0.2) is 34.1 Å². The Morgan fingerprint density at radius 2 is 2.00 bits per heavy atom. The van der Waals surface area contributed by atoms with Crippen molar-refractivity contribution in [2.24, 2.45) is 0 Å². The number of sulfonamides is 1. The molecule has 9 heteroatoms. The highest BCUT2D eigenvalue weighted by molar-refractivity contribution is 8.00. The molecule has 1 aliphatic rings. The van der Waals surface area contributed by atoms with Crippen LogP contribution >= 0.6 is 46.3 Å². The van der Waals surface area contributed by atoms with Crippen molar-refractivity contribution in [2.75, 3.05) is 22.3 Å². The minimum atomic E-state index is -3.74. The van der Waals surface area contributed by atoms with Crippen LogP contribution in [0.3, 0.4) is 0 Å². The zero-order valence-electron chi connectivity index (χ0n) is 10.5. The highest BCUT2D eigenvalue weighted by Crippen LogP contribution is 2.42. The van der Waals surface area contributed by atoms with Gasteiger partial charge in [-0.25, -0.2) is 8.42 Å². The molecule has 1 aliphatic heterocycles. The van der Waals surface area contributed by atoms with E-state index in [-0.39, 0.29) is 9.23 Å². The lowest BCUT2D eigenvalue weighted by atomic mass is 10.3. The number of hydrogen-bond acceptors (Lipinski definition) is 5. The molecule has 2 N–H and O–H groups in total. The van der Waals surface area contributed by atoms with E-state index < -0.39 is 10.0 Å². The quantitative estimate of drug-likeness (QED) is 0.801. The Morgan fingerprint density at radius 1 is 1.24 bits per heavy atom. The molecule has 0 bridgehead atoms. The van der Waals surface area contributed by atoms with Gasteiger partial charge in [0.2, 0.25) is 0 Å². The molecule has 2 aromatic rings. The summed E-state index contributed by atoms with van der Waals surface area (Å²) in [5, 5.41) is 0. The average molecular weight is 381 g/mol. The highest BCUT2D eigenvalue weighted by atomic mass is 35.5. The number of nitrogen functional groups attached to an aromatic ring is 1. The average Bonchev–Trinajstić information content (AvgIpc) is 2.77. The molecule has 1 aromatic carbocycles.